The Labute approximate surface area is 453 Å². The Bertz CT molecular complexity index is 1360. The van der Waals surface area contributed by atoms with E-state index in [9.17, 15) is 14.4 Å². The molecule has 1 atom stereocenters. The number of carbonyl (C=O) groups is 3. The van der Waals surface area contributed by atoms with Crippen molar-refractivity contribution >= 4 is 17.9 Å². The molecule has 0 aliphatic rings. The smallest absolute Gasteiger partial charge is 0.306 e. The molecule has 0 aromatic carbocycles. The molecule has 0 heterocycles. The zero-order valence-corrected chi connectivity index (χ0v) is 48.4. The molecule has 0 aliphatic heterocycles. The molecule has 0 rings (SSSR count). The van der Waals surface area contributed by atoms with Crippen molar-refractivity contribution in [2.24, 2.45) is 0 Å². The number of ether oxygens (including phenoxy) is 3. The number of hydrogen-bond acceptors (Lipinski definition) is 6. The summed E-state index contributed by atoms with van der Waals surface area (Å²) in [7, 11) is 0. The van der Waals surface area contributed by atoms with Crippen LogP contribution >= 0.6 is 0 Å². The predicted molar refractivity (Wildman–Crippen MR) is 316 cm³/mol. The van der Waals surface area contributed by atoms with Crippen molar-refractivity contribution in [3.8, 4) is 0 Å². The highest BCUT2D eigenvalue weighted by atomic mass is 16.6. The second kappa shape index (κ2) is 61.4. The van der Waals surface area contributed by atoms with Gasteiger partial charge in [0.15, 0.2) is 6.10 Å². The molecule has 73 heavy (non-hydrogen) atoms. The third-order valence-corrected chi connectivity index (χ3v) is 13.7. The Morgan fingerprint density at radius 3 is 0.836 bits per heavy atom. The van der Waals surface area contributed by atoms with Crippen molar-refractivity contribution in [2.75, 3.05) is 13.2 Å². The summed E-state index contributed by atoms with van der Waals surface area (Å²) < 4.78 is 16.9. The summed E-state index contributed by atoms with van der Waals surface area (Å²) in [6.07, 6.45) is 79.2. The van der Waals surface area contributed by atoms with E-state index in [-0.39, 0.29) is 37.5 Å². The topological polar surface area (TPSA) is 78.9 Å². The molecule has 0 fully saturated rings. The van der Waals surface area contributed by atoms with E-state index in [1.54, 1.807) is 0 Å². The van der Waals surface area contributed by atoms with E-state index in [1.807, 2.05) is 6.08 Å². The molecule has 6 nitrogen and oxygen atoms in total. The van der Waals surface area contributed by atoms with E-state index in [2.05, 4.69) is 87.6 Å². The average Bonchev–Trinajstić information content (AvgIpc) is 3.39. The second-order valence-corrected chi connectivity index (χ2v) is 21.0. The van der Waals surface area contributed by atoms with Crippen LogP contribution in [0.2, 0.25) is 0 Å². The fourth-order valence-electron chi connectivity index (χ4n) is 9.06. The first kappa shape index (κ1) is 69.8. The Morgan fingerprint density at radius 2 is 0.534 bits per heavy atom. The van der Waals surface area contributed by atoms with Crippen LogP contribution in [0.15, 0.2) is 72.9 Å². The molecule has 6 heteroatoms. The number of unbranched alkanes of at least 4 members (excludes halogenated alkanes) is 34. The van der Waals surface area contributed by atoms with Gasteiger partial charge in [0.25, 0.3) is 0 Å². The fourth-order valence-corrected chi connectivity index (χ4v) is 9.06. The highest BCUT2D eigenvalue weighted by Gasteiger charge is 2.19. The van der Waals surface area contributed by atoms with Crippen molar-refractivity contribution < 1.29 is 28.6 Å². The zero-order chi connectivity index (χ0) is 52.9. The summed E-state index contributed by atoms with van der Waals surface area (Å²) in [5.41, 5.74) is 0. The lowest BCUT2D eigenvalue weighted by Crippen LogP contribution is -2.30. The van der Waals surface area contributed by atoms with E-state index in [4.69, 9.17) is 14.2 Å². The predicted octanol–water partition coefficient (Wildman–Crippen LogP) is 21.3. The third kappa shape index (κ3) is 59.6. The molecule has 0 saturated carbocycles. The molecule has 0 radical (unpaired) electrons. The summed E-state index contributed by atoms with van der Waals surface area (Å²) in [5.74, 6) is -0.964. The second-order valence-electron chi connectivity index (χ2n) is 21.0. The van der Waals surface area contributed by atoms with Crippen LogP contribution in [-0.2, 0) is 28.6 Å². The standard InChI is InChI=1S/C67H118O6/c1-4-7-10-13-16-19-22-25-28-31-33-36-39-42-45-48-51-54-57-60-66(69)72-63-64(62-71-65(68)59-56-53-50-47-44-41-38-35-30-27-24-21-18-15-12-9-6-3)73-67(70)61-58-55-52-49-46-43-40-37-34-32-29-26-23-20-17-14-11-8-5-2/h7,10,16,19,25,28,33,36,42,45,51,54,64H,4-6,8-9,11-15,17-18,20-24,26-27,29-32,34-35,37-41,43-44,46-50,52-53,55-63H2,1-3H3/b10-7-,19-16-,28-25-,36-33-,45-42-,54-51-/t64-/m1/s1. The lowest BCUT2D eigenvalue weighted by Gasteiger charge is -2.18. The van der Waals surface area contributed by atoms with Gasteiger partial charge < -0.3 is 14.2 Å². The molecular formula is C67H118O6. The van der Waals surface area contributed by atoms with Crippen molar-refractivity contribution in [1.29, 1.82) is 0 Å². The summed E-state index contributed by atoms with van der Waals surface area (Å²) in [6.45, 7) is 6.51. The fraction of sp³-hybridized carbons (Fsp3) is 0.776. The van der Waals surface area contributed by atoms with Crippen LogP contribution in [0.25, 0.3) is 0 Å². The van der Waals surface area contributed by atoms with Gasteiger partial charge >= 0.3 is 17.9 Å². The molecule has 0 unspecified atom stereocenters. The molecule has 0 spiro atoms. The molecule has 0 saturated heterocycles. The Hall–Kier alpha value is -3.15. The van der Waals surface area contributed by atoms with Gasteiger partial charge in [-0.3, -0.25) is 14.4 Å². The minimum atomic E-state index is -0.804. The largest absolute Gasteiger partial charge is 0.462 e. The van der Waals surface area contributed by atoms with E-state index in [1.165, 1.54) is 193 Å². The van der Waals surface area contributed by atoms with Gasteiger partial charge in [-0.1, -0.05) is 312 Å². The molecule has 0 aromatic heterocycles. The lowest BCUT2D eigenvalue weighted by molar-refractivity contribution is -0.166. The van der Waals surface area contributed by atoms with Gasteiger partial charge in [-0.15, -0.1) is 0 Å². The highest BCUT2D eigenvalue weighted by molar-refractivity contribution is 5.71. The molecule has 422 valence electrons. The Balaban J connectivity index is 4.44. The maximum Gasteiger partial charge on any atom is 0.306 e. The van der Waals surface area contributed by atoms with Crippen molar-refractivity contribution in [1.82, 2.24) is 0 Å². The van der Waals surface area contributed by atoms with Crippen LogP contribution in [0.4, 0.5) is 0 Å². The Kier molecular flexibility index (Phi) is 58.7. The maximum absolute atomic E-state index is 12.9. The monoisotopic (exact) mass is 1020 g/mol. The molecule has 0 bridgehead atoms. The minimum absolute atomic E-state index is 0.0941. The van der Waals surface area contributed by atoms with Crippen LogP contribution in [0.3, 0.4) is 0 Å². The lowest BCUT2D eigenvalue weighted by atomic mass is 10.0. The SMILES string of the molecule is CC/C=C\C/C=C\C/C=C\C/C=C\C/C=C\C/C=C\CCC(=O)OC[C@@H](COC(=O)CCCCCCCCCCCCCCCCCCC)OC(=O)CCCCCCCCCCCCCCCCCCCCC. The minimum Gasteiger partial charge on any atom is -0.462 e. The van der Waals surface area contributed by atoms with Gasteiger partial charge in [0, 0.05) is 19.3 Å². The summed E-state index contributed by atoms with van der Waals surface area (Å²) in [4.78, 5) is 38.3. The first-order valence-electron chi connectivity index (χ1n) is 31.4. The van der Waals surface area contributed by atoms with Crippen molar-refractivity contribution in [3.05, 3.63) is 72.9 Å². The van der Waals surface area contributed by atoms with Gasteiger partial charge in [-0.05, 0) is 57.8 Å². The van der Waals surface area contributed by atoms with E-state index < -0.39 is 6.10 Å². The maximum atomic E-state index is 12.9. The Morgan fingerprint density at radius 1 is 0.288 bits per heavy atom. The molecule has 0 aliphatic carbocycles. The zero-order valence-electron chi connectivity index (χ0n) is 48.4. The van der Waals surface area contributed by atoms with E-state index in [0.29, 0.717) is 19.3 Å². The molecule has 0 aromatic rings. The number of allylic oxidation sites excluding steroid dienone is 12. The van der Waals surface area contributed by atoms with Crippen molar-refractivity contribution in [2.45, 2.75) is 322 Å². The quantitative estimate of drug-likeness (QED) is 0.0261. The van der Waals surface area contributed by atoms with Crippen LogP contribution < -0.4 is 0 Å². The first-order valence-corrected chi connectivity index (χ1v) is 31.4. The van der Waals surface area contributed by atoms with Gasteiger partial charge in [-0.25, -0.2) is 0 Å². The van der Waals surface area contributed by atoms with Crippen LogP contribution in [-0.4, -0.2) is 37.2 Å². The molecule has 0 N–H and O–H groups in total. The summed E-state index contributed by atoms with van der Waals surface area (Å²) >= 11 is 0. The van der Waals surface area contributed by atoms with Crippen LogP contribution in [0.1, 0.15) is 316 Å². The van der Waals surface area contributed by atoms with Gasteiger partial charge in [0.1, 0.15) is 13.2 Å². The molecular weight excluding hydrogens is 901 g/mol. The summed E-state index contributed by atoms with van der Waals surface area (Å²) in [6, 6.07) is 0. The average molecular weight is 1020 g/mol. The van der Waals surface area contributed by atoms with Crippen molar-refractivity contribution in [3.63, 3.8) is 0 Å². The normalized spacial score (nSPS) is 12.5. The van der Waals surface area contributed by atoms with Gasteiger partial charge in [0.05, 0.1) is 0 Å². The van der Waals surface area contributed by atoms with Gasteiger partial charge in [0.2, 0.25) is 0 Å². The number of carbonyl (C=O) groups excluding carboxylic acids is 3. The number of rotatable bonds is 57. The molecule has 0 amide bonds. The number of esters is 3. The highest BCUT2D eigenvalue weighted by Crippen LogP contribution is 2.17. The van der Waals surface area contributed by atoms with Gasteiger partial charge in [-0.2, -0.15) is 0 Å². The van der Waals surface area contributed by atoms with Crippen LogP contribution in [0.5, 0.6) is 0 Å². The first-order chi connectivity index (χ1) is 36.0. The van der Waals surface area contributed by atoms with Crippen LogP contribution in [0, 0.1) is 0 Å². The van der Waals surface area contributed by atoms with E-state index >= 15 is 0 Å². The van der Waals surface area contributed by atoms with E-state index in [0.717, 1.165) is 77.0 Å². The summed E-state index contributed by atoms with van der Waals surface area (Å²) in [5, 5.41) is 0. The third-order valence-electron chi connectivity index (χ3n) is 13.7. The number of hydrogen-bond donors (Lipinski definition) is 0.